The summed E-state index contributed by atoms with van der Waals surface area (Å²) in [5, 5.41) is 6.32. The number of carbonyl (C=O) groups is 2. The molecule has 2 N–H and O–H groups in total. The van der Waals surface area contributed by atoms with Crippen molar-refractivity contribution in [1.29, 1.82) is 0 Å². The standard InChI is InChI=1S/C17H28ClN5O4/c1-26-13(24)9-5-3-7-11-19-16-21-15(18)22-17(23-16)20-12-8-4-6-10-14(25)27-2/h3-12H2,1-2H3,(H2,19,20,21,22,23). The zero-order chi connectivity index (χ0) is 19.9. The number of hydrogen-bond donors (Lipinski definition) is 2. The Morgan fingerprint density at radius 3 is 1.63 bits per heavy atom. The van der Waals surface area contributed by atoms with Crippen molar-refractivity contribution < 1.29 is 19.1 Å². The highest BCUT2D eigenvalue weighted by atomic mass is 35.5. The van der Waals surface area contributed by atoms with E-state index in [1.807, 2.05) is 0 Å². The van der Waals surface area contributed by atoms with Gasteiger partial charge in [0.15, 0.2) is 0 Å². The van der Waals surface area contributed by atoms with Crippen molar-refractivity contribution in [1.82, 2.24) is 15.0 Å². The molecule has 0 unspecified atom stereocenters. The van der Waals surface area contributed by atoms with Gasteiger partial charge in [-0.3, -0.25) is 9.59 Å². The molecular weight excluding hydrogens is 374 g/mol. The minimum absolute atomic E-state index is 0.117. The van der Waals surface area contributed by atoms with Gasteiger partial charge in [0.05, 0.1) is 14.2 Å². The number of rotatable bonds is 14. The van der Waals surface area contributed by atoms with Crippen LogP contribution in [0.3, 0.4) is 0 Å². The lowest BCUT2D eigenvalue weighted by Gasteiger charge is -2.08. The predicted octanol–water partition coefficient (Wildman–Crippen LogP) is 2.82. The Balaban J connectivity index is 2.23. The second-order valence-electron chi connectivity index (χ2n) is 5.88. The summed E-state index contributed by atoms with van der Waals surface area (Å²) in [6, 6.07) is 0. The van der Waals surface area contributed by atoms with Crippen LogP contribution in [0.5, 0.6) is 0 Å². The fraction of sp³-hybridized carbons (Fsp3) is 0.706. The average molecular weight is 402 g/mol. The van der Waals surface area contributed by atoms with Crippen molar-refractivity contribution in [3.05, 3.63) is 5.28 Å². The molecule has 152 valence electrons. The maximum absolute atomic E-state index is 11.0. The fourth-order valence-corrected chi connectivity index (χ4v) is 2.42. The molecule has 0 saturated heterocycles. The minimum atomic E-state index is -0.187. The van der Waals surface area contributed by atoms with Gasteiger partial charge >= 0.3 is 11.9 Å². The summed E-state index contributed by atoms with van der Waals surface area (Å²) in [4.78, 5) is 34.4. The molecule has 0 radical (unpaired) electrons. The quantitative estimate of drug-likeness (QED) is 0.358. The highest BCUT2D eigenvalue weighted by Gasteiger charge is 2.05. The number of anilines is 2. The van der Waals surface area contributed by atoms with E-state index in [4.69, 9.17) is 11.6 Å². The highest BCUT2D eigenvalue weighted by Crippen LogP contribution is 2.11. The van der Waals surface area contributed by atoms with Crippen molar-refractivity contribution in [3.63, 3.8) is 0 Å². The van der Waals surface area contributed by atoms with Gasteiger partial charge in [0.1, 0.15) is 0 Å². The van der Waals surface area contributed by atoms with Crippen LogP contribution >= 0.6 is 11.6 Å². The third-order valence-electron chi connectivity index (χ3n) is 3.75. The Hall–Kier alpha value is -2.16. The van der Waals surface area contributed by atoms with Crippen LogP contribution in [0.2, 0.25) is 5.28 Å². The molecule has 0 bridgehead atoms. The van der Waals surface area contributed by atoms with E-state index in [0.29, 0.717) is 37.8 Å². The molecule has 0 fully saturated rings. The molecule has 10 heteroatoms. The first-order valence-electron chi connectivity index (χ1n) is 9.08. The van der Waals surface area contributed by atoms with Crippen LogP contribution < -0.4 is 10.6 Å². The Kier molecular flexibility index (Phi) is 11.8. The second-order valence-corrected chi connectivity index (χ2v) is 6.22. The first-order valence-corrected chi connectivity index (χ1v) is 9.46. The first-order chi connectivity index (χ1) is 13.0. The van der Waals surface area contributed by atoms with Gasteiger partial charge in [-0.1, -0.05) is 12.8 Å². The summed E-state index contributed by atoms with van der Waals surface area (Å²) < 4.78 is 9.20. The second kappa shape index (κ2) is 14.0. The van der Waals surface area contributed by atoms with Crippen LogP contribution in [0, 0.1) is 0 Å². The number of nitrogens with zero attached hydrogens (tertiary/aromatic N) is 3. The Labute approximate surface area is 164 Å². The minimum Gasteiger partial charge on any atom is -0.469 e. The fourth-order valence-electron chi connectivity index (χ4n) is 2.25. The van der Waals surface area contributed by atoms with Crippen molar-refractivity contribution in [3.8, 4) is 0 Å². The summed E-state index contributed by atoms with van der Waals surface area (Å²) in [5.74, 6) is 0.453. The van der Waals surface area contributed by atoms with E-state index in [9.17, 15) is 9.59 Å². The van der Waals surface area contributed by atoms with Crippen LogP contribution in [0.15, 0.2) is 0 Å². The van der Waals surface area contributed by atoms with Gasteiger partial charge in [-0.15, -0.1) is 0 Å². The summed E-state index contributed by atoms with van der Waals surface area (Å²) in [6.45, 7) is 1.35. The molecule has 1 rings (SSSR count). The van der Waals surface area contributed by atoms with E-state index in [-0.39, 0.29) is 17.2 Å². The molecular formula is C17H28ClN5O4. The van der Waals surface area contributed by atoms with Crippen molar-refractivity contribution in [2.24, 2.45) is 0 Å². The first kappa shape index (κ1) is 22.9. The maximum atomic E-state index is 11.0. The monoisotopic (exact) mass is 401 g/mol. The summed E-state index contributed by atoms with van der Waals surface area (Å²) in [5.41, 5.74) is 0. The number of hydrogen-bond acceptors (Lipinski definition) is 9. The van der Waals surface area contributed by atoms with E-state index in [2.05, 4.69) is 35.1 Å². The highest BCUT2D eigenvalue weighted by molar-refractivity contribution is 6.28. The molecule has 1 aromatic heterocycles. The summed E-state index contributed by atoms with van der Waals surface area (Å²) in [7, 11) is 2.78. The van der Waals surface area contributed by atoms with E-state index >= 15 is 0 Å². The number of nitrogens with one attached hydrogen (secondary N) is 2. The Morgan fingerprint density at radius 2 is 1.22 bits per heavy atom. The van der Waals surface area contributed by atoms with Crippen LogP contribution in [0.1, 0.15) is 51.4 Å². The average Bonchev–Trinajstić information content (AvgIpc) is 2.66. The van der Waals surface area contributed by atoms with E-state index in [1.54, 1.807) is 0 Å². The number of aromatic nitrogens is 3. The molecule has 0 aliphatic carbocycles. The van der Waals surface area contributed by atoms with Gasteiger partial charge in [-0.2, -0.15) is 15.0 Å². The zero-order valence-electron chi connectivity index (χ0n) is 15.9. The third-order valence-corrected chi connectivity index (χ3v) is 3.91. The largest absolute Gasteiger partial charge is 0.469 e. The van der Waals surface area contributed by atoms with Crippen molar-refractivity contribution in [2.45, 2.75) is 51.4 Å². The molecule has 0 atom stereocenters. The summed E-state index contributed by atoms with van der Waals surface area (Å²) >= 11 is 5.93. The van der Waals surface area contributed by atoms with Crippen LogP contribution in [0.4, 0.5) is 11.9 Å². The lowest BCUT2D eigenvalue weighted by molar-refractivity contribution is -0.141. The molecule has 9 nitrogen and oxygen atoms in total. The SMILES string of the molecule is COC(=O)CCCCCNc1nc(Cl)nc(NCCCCCC(=O)OC)n1. The van der Waals surface area contributed by atoms with E-state index in [1.165, 1.54) is 14.2 Å². The van der Waals surface area contributed by atoms with Crippen molar-refractivity contribution in [2.75, 3.05) is 37.9 Å². The number of esters is 2. The van der Waals surface area contributed by atoms with Crippen LogP contribution in [-0.4, -0.2) is 54.2 Å². The lowest BCUT2D eigenvalue weighted by atomic mass is 10.2. The molecule has 0 spiro atoms. The third kappa shape index (κ3) is 11.2. The molecule has 1 aromatic rings. The van der Waals surface area contributed by atoms with E-state index < -0.39 is 0 Å². The molecule has 0 aliphatic rings. The number of carbonyl (C=O) groups excluding carboxylic acids is 2. The zero-order valence-corrected chi connectivity index (χ0v) is 16.7. The Bertz CT molecular complexity index is 542. The van der Waals surface area contributed by atoms with Gasteiger partial charge in [-0.25, -0.2) is 0 Å². The van der Waals surface area contributed by atoms with E-state index in [0.717, 1.165) is 38.5 Å². The Morgan fingerprint density at radius 1 is 0.778 bits per heavy atom. The van der Waals surface area contributed by atoms with Gasteiger partial charge in [0.25, 0.3) is 0 Å². The van der Waals surface area contributed by atoms with Gasteiger partial charge in [-0.05, 0) is 37.3 Å². The number of ether oxygens (including phenoxy) is 2. The lowest BCUT2D eigenvalue weighted by Crippen LogP contribution is -2.11. The molecule has 0 amide bonds. The number of halogens is 1. The van der Waals surface area contributed by atoms with Crippen LogP contribution in [0.25, 0.3) is 0 Å². The molecule has 0 saturated carbocycles. The van der Waals surface area contributed by atoms with Crippen molar-refractivity contribution >= 4 is 35.4 Å². The number of unbranched alkanes of at least 4 members (excludes halogenated alkanes) is 4. The summed E-state index contributed by atoms with van der Waals surface area (Å²) in [6.07, 6.45) is 6.00. The molecule has 1 heterocycles. The maximum Gasteiger partial charge on any atom is 0.305 e. The topological polar surface area (TPSA) is 115 Å². The van der Waals surface area contributed by atoms with Gasteiger partial charge < -0.3 is 20.1 Å². The van der Waals surface area contributed by atoms with Crippen LogP contribution in [-0.2, 0) is 19.1 Å². The molecule has 0 aliphatic heterocycles. The molecule has 27 heavy (non-hydrogen) atoms. The van der Waals surface area contributed by atoms with Gasteiger partial charge in [0.2, 0.25) is 17.2 Å². The number of methoxy groups -OCH3 is 2. The smallest absolute Gasteiger partial charge is 0.305 e. The molecule has 0 aromatic carbocycles. The van der Waals surface area contributed by atoms with Gasteiger partial charge in [0, 0.05) is 25.9 Å². The normalized spacial score (nSPS) is 10.3. The predicted molar refractivity (Wildman–Crippen MR) is 103 cm³/mol.